The Kier molecular flexibility index (Phi) is 4.39. The molecule has 86 valence electrons. The van der Waals surface area contributed by atoms with Gasteiger partial charge in [0, 0.05) is 11.1 Å². The second-order valence-electron chi connectivity index (χ2n) is 3.47. The summed E-state index contributed by atoms with van der Waals surface area (Å²) in [6.07, 6.45) is -0.449. The SMILES string of the molecule is C=C(C)C(=O)OC(C)c1cccc(Cl)c1Cl. The highest BCUT2D eigenvalue weighted by molar-refractivity contribution is 6.42. The number of hydrogen-bond acceptors (Lipinski definition) is 2. The summed E-state index contributed by atoms with van der Waals surface area (Å²) < 4.78 is 5.15. The molecule has 1 aromatic rings. The summed E-state index contributed by atoms with van der Waals surface area (Å²) in [6.45, 7) is 6.83. The van der Waals surface area contributed by atoms with Crippen molar-refractivity contribution in [3.63, 3.8) is 0 Å². The third-order valence-electron chi connectivity index (χ3n) is 2.05. The van der Waals surface area contributed by atoms with Gasteiger partial charge in [-0.3, -0.25) is 0 Å². The lowest BCUT2D eigenvalue weighted by Gasteiger charge is -2.15. The van der Waals surface area contributed by atoms with Crippen LogP contribution < -0.4 is 0 Å². The minimum atomic E-state index is -0.449. The largest absolute Gasteiger partial charge is 0.454 e. The number of esters is 1. The lowest BCUT2D eigenvalue weighted by molar-refractivity contribution is -0.143. The summed E-state index contributed by atoms with van der Waals surface area (Å²) in [5, 5.41) is 0.851. The Bertz CT molecular complexity index is 427. The van der Waals surface area contributed by atoms with Crippen LogP contribution in [-0.4, -0.2) is 5.97 Å². The van der Waals surface area contributed by atoms with Gasteiger partial charge in [0.15, 0.2) is 0 Å². The molecule has 0 saturated carbocycles. The van der Waals surface area contributed by atoms with E-state index >= 15 is 0 Å². The molecule has 4 heteroatoms. The molecule has 0 heterocycles. The third kappa shape index (κ3) is 3.00. The maximum Gasteiger partial charge on any atom is 0.333 e. The first-order chi connectivity index (χ1) is 7.43. The average Bonchev–Trinajstić information content (AvgIpc) is 2.21. The van der Waals surface area contributed by atoms with Gasteiger partial charge in [-0.15, -0.1) is 0 Å². The molecule has 0 spiro atoms. The fourth-order valence-electron chi connectivity index (χ4n) is 1.16. The van der Waals surface area contributed by atoms with Gasteiger partial charge in [-0.1, -0.05) is 41.9 Å². The highest BCUT2D eigenvalue weighted by Gasteiger charge is 2.16. The van der Waals surface area contributed by atoms with Crippen LogP contribution in [0.3, 0.4) is 0 Å². The molecular formula is C12H12Cl2O2. The second-order valence-corrected chi connectivity index (χ2v) is 4.26. The van der Waals surface area contributed by atoms with E-state index in [1.165, 1.54) is 0 Å². The summed E-state index contributed by atoms with van der Waals surface area (Å²) in [7, 11) is 0. The Morgan fingerprint density at radius 1 is 1.44 bits per heavy atom. The lowest BCUT2D eigenvalue weighted by Crippen LogP contribution is -2.09. The summed E-state index contributed by atoms with van der Waals surface area (Å²) >= 11 is 11.9. The minimum absolute atomic E-state index is 0.352. The van der Waals surface area contributed by atoms with Crippen LogP contribution in [0, 0.1) is 0 Å². The van der Waals surface area contributed by atoms with Crippen molar-refractivity contribution >= 4 is 29.2 Å². The highest BCUT2D eigenvalue weighted by atomic mass is 35.5. The first-order valence-electron chi connectivity index (χ1n) is 4.74. The normalized spacial score (nSPS) is 12.0. The van der Waals surface area contributed by atoms with Gasteiger partial charge in [-0.05, 0) is 19.9 Å². The maximum atomic E-state index is 11.3. The van der Waals surface area contributed by atoms with Crippen LogP contribution >= 0.6 is 23.2 Å². The highest BCUT2D eigenvalue weighted by Crippen LogP contribution is 2.31. The number of ether oxygens (including phenoxy) is 1. The molecule has 2 nitrogen and oxygen atoms in total. The summed E-state index contributed by atoms with van der Waals surface area (Å²) in [5.41, 5.74) is 1.04. The van der Waals surface area contributed by atoms with Gasteiger partial charge < -0.3 is 4.74 Å². The zero-order chi connectivity index (χ0) is 12.3. The summed E-state index contributed by atoms with van der Waals surface area (Å²) in [6, 6.07) is 5.21. The number of carbonyl (C=O) groups is 1. The molecule has 1 aromatic carbocycles. The third-order valence-corrected chi connectivity index (χ3v) is 2.89. The number of hydrogen-bond donors (Lipinski definition) is 0. The van der Waals surface area contributed by atoms with E-state index in [1.54, 1.807) is 32.0 Å². The number of carbonyl (C=O) groups excluding carboxylic acids is 1. The minimum Gasteiger partial charge on any atom is -0.454 e. The second kappa shape index (κ2) is 5.37. The Hall–Kier alpha value is -0.990. The Labute approximate surface area is 105 Å². The van der Waals surface area contributed by atoms with E-state index in [2.05, 4.69) is 6.58 Å². The topological polar surface area (TPSA) is 26.3 Å². The van der Waals surface area contributed by atoms with Gasteiger partial charge in [-0.2, -0.15) is 0 Å². The molecule has 0 aliphatic carbocycles. The molecule has 0 bridgehead atoms. The van der Waals surface area contributed by atoms with Gasteiger partial charge in [0.05, 0.1) is 10.0 Å². The van der Waals surface area contributed by atoms with Gasteiger partial charge in [0.25, 0.3) is 0 Å². The standard InChI is InChI=1S/C12H12Cl2O2/c1-7(2)12(15)16-8(3)9-5-4-6-10(13)11(9)14/h4-6,8H,1H2,2-3H3. The monoisotopic (exact) mass is 258 g/mol. The van der Waals surface area contributed by atoms with Gasteiger partial charge in [0.2, 0.25) is 0 Å². The van der Waals surface area contributed by atoms with Crippen molar-refractivity contribution in [1.82, 2.24) is 0 Å². The maximum absolute atomic E-state index is 11.3. The van der Waals surface area contributed by atoms with E-state index in [1.807, 2.05) is 0 Å². The van der Waals surface area contributed by atoms with Crippen LogP contribution in [-0.2, 0) is 9.53 Å². The van der Waals surface area contributed by atoms with Crippen LogP contribution in [0.1, 0.15) is 25.5 Å². The Morgan fingerprint density at radius 3 is 2.62 bits per heavy atom. The fourth-order valence-corrected chi connectivity index (χ4v) is 1.62. The van der Waals surface area contributed by atoms with E-state index in [-0.39, 0.29) is 0 Å². The Morgan fingerprint density at radius 2 is 2.06 bits per heavy atom. The van der Waals surface area contributed by atoms with Crippen molar-refractivity contribution in [2.75, 3.05) is 0 Å². The summed E-state index contributed by atoms with van der Waals surface area (Å²) in [5.74, 6) is -0.441. The number of halogens is 2. The molecule has 0 amide bonds. The van der Waals surface area contributed by atoms with Crippen LogP contribution in [0.4, 0.5) is 0 Å². The van der Waals surface area contributed by atoms with Crippen LogP contribution in [0.5, 0.6) is 0 Å². The Balaban J connectivity index is 2.89. The molecule has 0 aliphatic rings. The quantitative estimate of drug-likeness (QED) is 0.601. The lowest BCUT2D eigenvalue weighted by atomic mass is 10.1. The molecule has 1 atom stereocenters. The average molecular weight is 259 g/mol. The van der Waals surface area contributed by atoms with E-state index < -0.39 is 12.1 Å². The van der Waals surface area contributed by atoms with Gasteiger partial charge in [-0.25, -0.2) is 4.79 Å². The van der Waals surface area contributed by atoms with Crippen LogP contribution in [0.2, 0.25) is 10.0 Å². The molecule has 0 fully saturated rings. The van der Waals surface area contributed by atoms with E-state index in [4.69, 9.17) is 27.9 Å². The molecule has 16 heavy (non-hydrogen) atoms. The summed E-state index contributed by atoms with van der Waals surface area (Å²) in [4.78, 5) is 11.3. The molecule has 1 unspecified atom stereocenters. The van der Waals surface area contributed by atoms with Crippen molar-refractivity contribution in [3.8, 4) is 0 Å². The molecule has 0 saturated heterocycles. The van der Waals surface area contributed by atoms with Gasteiger partial charge in [0.1, 0.15) is 6.10 Å². The van der Waals surface area contributed by atoms with Crippen molar-refractivity contribution in [3.05, 3.63) is 46.0 Å². The predicted octanol–water partition coefficient (Wildman–Crippen LogP) is 4.17. The number of rotatable bonds is 3. The molecule has 0 aliphatic heterocycles. The van der Waals surface area contributed by atoms with E-state index in [0.29, 0.717) is 21.2 Å². The van der Waals surface area contributed by atoms with Crippen LogP contribution in [0.15, 0.2) is 30.4 Å². The molecular weight excluding hydrogens is 247 g/mol. The van der Waals surface area contributed by atoms with Crippen LogP contribution in [0.25, 0.3) is 0 Å². The first-order valence-corrected chi connectivity index (χ1v) is 5.49. The van der Waals surface area contributed by atoms with E-state index in [9.17, 15) is 4.79 Å². The first kappa shape index (κ1) is 13.1. The predicted molar refractivity (Wildman–Crippen MR) is 65.8 cm³/mol. The smallest absolute Gasteiger partial charge is 0.333 e. The zero-order valence-corrected chi connectivity index (χ0v) is 10.6. The van der Waals surface area contributed by atoms with E-state index in [0.717, 1.165) is 0 Å². The van der Waals surface area contributed by atoms with Crippen molar-refractivity contribution < 1.29 is 9.53 Å². The molecule has 0 aromatic heterocycles. The zero-order valence-electron chi connectivity index (χ0n) is 9.09. The van der Waals surface area contributed by atoms with Gasteiger partial charge >= 0.3 is 5.97 Å². The molecule has 0 radical (unpaired) electrons. The van der Waals surface area contributed by atoms with Crippen molar-refractivity contribution in [1.29, 1.82) is 0 Å². The number of benzene rings is 1. The molecule has 1 rings (SSSR count). The fraction of sp³-hybridized carbons (Fsp3) is 0.250. The van der Waals surface area contributed by atoms with Crippen molar-refractivity contribution in [2.24, 2.45) is 0 Å². The molecule has 0 N–H and O–H groups in total. The van der Waals surface area contributed by atoms with Crippen molar-refractivity contribution in [2.45, 2.75) is 20.0 Å².